The van der Waals surface area contributed by atoms with E-state index in [1.807, 2.05) is 45.3 Å². The summed E-state index contributed by atoms with van der Waals surface area (Å²) in [5.74, 6) is 2.14. The van der Waals surface area contributed by atoms with E-state index in [1.165, 1.54) is 223 Å². The summed E-state index contributed by atoms with van der Waals surface area (Å²) in [6.45, 7) is 13.8. The van der Waals surface area contributed by atoms with E-state index in [2.05, 4.69) is 52.8 Å². The van der Waals surface area contributed by atoms with Crippen molar-refractivity contribution in [3.63, 3.8) is 0 Å². The smallest absolute Gasteiger partial charge is 0.175 e. The van der Waals surface area contributed by atoms with Crippen molar-refractivity contribution in [3.8, 4) is 26.3 Å². The second-order valence-corrected chi connectivity index (χ2v) is 22.5. The standard InChI is InChI=1S/C54H84O3S4/c1-6-9-12-15-18-21-24-27-30-33-36-55-48-41-46-51(61-48)43(5)59-52(46)47-40-45-50(57-38-35-32-29-26-23-20-17-14-11-8-3)53-44(39-42(4)58-53)49(54(45)60-47)56-37-34-31-28-25-22-19-16-13-10-7-2/h39-41H,6-38H2,1-5H3. The zero-order valence-electron chi connectivity index (χ0n) is 39.4. The van der Waals surface area contributed by atoms with Gasteiger partial charge in [-0.05, 0) is 45.2 Å². The van der Waals surface area contributed by atoms with Gasteiger partial charge >= 0.3 is 0 Å². The zero-order chi connectivity index (χ0) is 42.9. The van der Waals surface area contributed by atoms with E-state index < -0.39 is 0 Å². The van der Waals surface area contributed by atoms with Gasteiger partial charge in [-0.1, -0.05) is 205 Å². The molecular formula is C54H84O3S4. The highest BCUT2D eigenvalue weighted by molar-refractivity contribution is 7.30. The predicted octanol–water partition coefficient (Wildman–Crippen LogP) is 20.6. The molecule has 61 heavy (non-hydrogen) atoms. The van der Waals surface area contributed by atoms with Gasteiger partial charge in [0.05, 0.1) is 38.8 Å². The number of aryl methyl sites for hydroxylation is 2. The molecule has 0 aliphatic carbocycles. The maximum absolute atomic E-state index is 6.88. The van der Waals surface area contributed by atoms with Crippen LogP contribution in [-0.2, 0) is 0 Å². The first-order valence-corrected chi connectivity index (χ1v) is 28.7. The van der Waals surface area contributed by atoms with Crippen LogP contribution >= 0.6 is 45.3 Å². The molecule has 5 rings (SSSR count). The molecule has 0 atom stereocenters. The zero-order valence-corrected chi connectivity index (χ0v) is 42.7. The van der Waals surface area contributed by atoms with Crippen LogP contribution in [-0.4, -0.2) is 19.8 Å². The van der Waals surface area contributed by atoms with Gasteiger partial charge < -0.3 is 14.2 Å². The highest BCUT2D eigenvalue weighted by Crippen LogP contribution is 2.54. The number of hydrogen-bond donors (Lipinski definition) is 0. The topological polar surface area (TPSA) is 27.7 Å². The van der Waals surface area contributed by atoms with Crippen LogP contribution in [0.3, 0.4) is 0 Å². The molecule has 0 aliphatic heterocycles. The molecule has 5 aromatic rings. The average molecular weight is 910 g/mol. The Kier molecular flexibility index (Phi) is 24.4. The quantitative estimate of drug-likeness (QED) is 0.0372. The van der Waals surface area contributed by atoms with Crippen LogP contribution in [0.2, 0.25) is 0 Å². The Bertz CT molecular complexity index is 1830. The molecule has 0 aliphatic rings. The van der Waals surface area contributed by atoms with Crippen LogP contribution in [0.4, 0.5) is 0 Å². The van der Waals surface area contributed by atoms with Crippen LogP contribution in [0.5, 0.6) is 16.6 Å². The monoisotopic (exact) mass is 909 g/mol. The molecule has 0 N–H and O–H groups in total. The predicted molar refractivity (Wildman–Crippen MR) is 277 cm³/mol. The molecule has 0 radical (unpaired) electrons. The number of fused-ring (bicyclic) bond motifs is 3. The van der Waals surface area contributed by atoms with E-state index in [1.54, 1.807) is 0 Å². The highest BCUT2D eigenvalue weighted by atomic mass is 32.1. The van der Waals surface area contributed by atoms with Crippen LogP contribution in [0.15, 0.2) is 18.2 Å². The van der Waals surface area contributed by atoms with Crippen LogP contribution in [0.1, 0.15) is 223 Å². The third-order valence-electron chi connectivity index (χ3n) is 12.5. The van der Waals surface area contributed by atoms with Crippen molar-refractivity contribution >= 4 is 75.6 Å². The first-order chi connectivity index (χ1) is 30.0. The SMILES string of the molecule is CCCCCCCCCCCCOc1cc2c(-c3cc4c(OCCCCCCCCCCCC)c5sc(C)cc5c(OCCCCCCCCCCCC)c4s3)sc(C)c2s1. The van der Waals surface area contributed by atoms with Crippen LogP contribution < -0.4 is 14.2 Å². The lowest BCUT2D eigenvalue weighted by Crippen LogP contribution is -2.00. The number of thiophene rings is 4. The second kappa shape index (κ2) is 29.6. The van der Waals surface area contributed by atoms with E-state index >= 15 is 0 Å². The molecule has 0 bridgehead atoms. The molecule has 0 amide bonds. The summed E-state index contributed by atoms with van der Waals surface area (Å²) in [4.78, 5) is 5.38. The van der Waals surface area contributed by atoms with Crippen LogP contribution in [0.25, 0.3) is 40.0 Å². The summed E-state index contributed by atoms with van der Waals surface area (Å²) in [6.07, 6.45) is 40.1. The summed E-state index contributed by atoms with van der Waals surface area (Å²) in [5.41, 5.74) is 0. The number of benzene rings is 1. The Morgan fingerprint density at radius 3 is 1.21 bits per heavy atom. The van der Waals surface area contributed by atoms with E-state index in [0.29, 0.717) is 0 Å². The average Bonchev–Trinajstić information content (AvgIpc) is 4.05. The van der Waals surface area contributed by atoms with E-state index in [4.69, 9.17) is 14.2 Å². The molecule has 342 valence electrons. The van der Waals surface area contributed by atoms with Crippen molar-refractivity contribution in [1.29, 1.82) is 0 Å². The third-order valence-corrected chi connectivity index (χ3v) is 17.3. The maximum Gasteiger partial charge on any atom is 0.175 e. The molecule has 7 heteroatoms. The molecule has 3 nitrogen and oxygen atoms in total. The Morgan fingerprint density at radius 1 is 0.361 bits per heavy atom. The van der Waals surface area contributed by atoms with Crippen molar-refractivity contribution in [3.05, 3.63) is 28.0 Å². The summed E-state index contributed by atoms with van der Waals surface area (Å²) in [5, 5.41) is 4.87. The normalized spacial score (nSPS) is 11.9. The van der Waals surface area contributed by atoms with E-state index in [-0.39, 0.29) is 0 Å². The third kappa shape index (κ3) is 16.6. The van der Waals surface area contributed by atoms with Crippen molar-refractivity contribution in [2.24, 2.45) is 0 Å². The maximum atomic E-state index is 6.88. The fourth-order valence-electron chi connectivity index (χ4n) is 8.82. The molecule has 0 saturated carbocycles. The van der Waals surface area contributed by atoms with Gasteiger partial charge in [-0.3, -0.25) is 0 Å². The number of hydrogen-bond acceptors (Lipinski definition) is 7. The Balaban J connectivity index is 1.25. The van der Waals surface area contributed by atoms with Gasteiger partial charge in [0.1, 0.15) is 11.5 Å². The molecule has 4 heterocycles. The van der Waals surface area contributed by atoms with Gasteiger partial charge in [-0.15, -0.1) is 34.0 Å². The van der Waals surface area contributed by atoms with Crippen LogP contribution in [0, 0.1) is 13.8 Å². The van der Waals surface area contributed by atoms with Gasteiger partial charge in [-0.2, -0.15) is 0 Å². The lowest BCUT2D eigenvalue weighted by atomic mass is 10.1. The van der Waals surface area contributed by atoms with Gasteiger partial charge in [0.15, 0.2) is 5.06 Å². The van der Waals surface area contributed by atoms with Gasteiger partial charge in [-0.25, -0.2) is 0 Å². The summed E-state index contributed by atoms with van der Waals surface area (Å²) >= 11 is 7.55. The molecule has 0 spiro atoms. The van der Waals surface area contributed by atoms with Crippen molar-refractivity contribution in [2.75, 3.05) is 19.8 Å². The fraction of sp³-hybridized carbons (Fsp3) is 0.704. The first-order valence-electron chi connectivity index (χ1n) is 25.5. The molecule has 1 aromatic carbocycles. The highest BCUT2D eigenvalue weighted by Gasteiger charge is 2.24. The fourth-order valence-corrected chi connectivity index (χ4v) is 13.4. The molecule has 0 fully saturated rings. The number of ether oxygens (including phenoxy) is 3. The minimum atomic E-state index is 0.772. The molecule has 0 saturated heterocycles. The van der Waals surface area contributed by atoms with Gasteiger partial charge in [0.2, 0.25) is 0 Å². The Hall–Kier alpha value is -1.80. The minimum absolute atomic E-state index is 0.772. The number of unbranched alkanes of at least 4 members (excludes halogenated alkanes) is 27. The summed E-state index contributed by atoms with van der Waals surface area (Å²) in [7, 11) is 0. The van der Waals surface area contributed by atoms with Crippen molar-refractivity contribution in [2.45, 2.75) is 227 Å². The minimum Gasteiger partial charge on any atom is -0.491 e. The van der Waals surface area contributed by atoms with E-state index in [0.717, 1.165) is 55.6 Å². The van der Waals surface area contributed by atoms with Gasteiger partial charge in [0.25, 0.3) is 0 Å². The Morgan fingerprint density at radius 2 is 0.754 bits per heavy atom. The summed E-state index contributed by atoms with van der Waals surface area (Å²) in [6, 6.07) is 7.11. The molecule has 4 aromatic heterocycles. The van der Waals surface area contributed by atoms with Gasteiger partial charge in [0, 0.05) is 36.9 Å². The molecule has 0 unspecified atom stereocenters. The second-order valence-electron chi connectivity index (χ2n) is 18.0. The van der Waals surface area contributed by atoms with Crippen molar-refractivity contribution in [1.82, 2.24) is 0 Å². The first kappa shape index (κ1) is 50.2. The van der Waals surface area contributed by atoms with E-state index in [9.17, 15) is 0 Å². The lowest BCUT2D eigenvalue weighted by molar-refractivity contribution is 0.307. The largest absolute Gasteiger partial charge is 0.491 e. The summed E-state index contributed by atoms with van der Waals surface area (Å²) < 4.78 is 24.1. The lowest BCUT2D eigenvalue weighted by Gasteiger charge is -2.14. The number of rotatable bonds is 37. The Labute approximate surface area is 388 Å². The molecular weight excluding hydrogens is 825 g/mol. The van der Waals surface area contributed by atoms with Crippen molar-refractivity contribution < 1.29 is 14.2 Å².